The average molecular weight is 567 g/mol. The Morgan fingerprint density at radius 3 is 2.07 bits per heavy atom. The van der Waals surface area contributed by atoms with E-state index >= 15 is 4.79 Å². The number of hydrogen-bond acceptors (Lipinski definition) is 7. The molecule has 0 saturated carbocycles. The molecule has 8 nitrogen and oxygen atoms in total. The first-order chi connectivity index (χ1) is 20.5. The molecule has 0 unspecified atom stereocenters. The summed E-state index contributed by atoms with van der Waals surface area (Å²) in [5.74, 6) is -0.904. The number of hydrogen-bond donors (Lipinski definition) is 1. The molecule has 8 heteroatoms. The van der Waals surface area contributed by atoms with Gasteiger partial charge in [0.2, 0.25) is 5.91 Å². The SMILES string of the molecule is CCOC(=O)C[C@@H]1C(=O)NCCN1C[C@H]1C(=O)C2(c3ccccc31)N(Cc1ccccc1)CCN2Cc1ccccc1. The van der Waals surface area contributed by atoms with Gasteiger partial charge in [0.25, 0.3) is 0 Å². The zero-order valence-corrected chi connectivity index (χ0v) is 24.1. The van der Waals surface area contributed by atoms with Crippen molar-refractivity contribution >= 4 is 17.7 Å². The van der Waals surface area contributed by atoms with E-state index in [4.69, 9.17) is 4.74 Å². The van der Waals surface area contributed by atoms with Gasteiger partial charge in [0.05, 0.1) is 25.0 Å². The van der Waals surface area contributed by atoms with E-state index in [1.165, 1.54) is 0 Å². The molecule has 3 aliphatic rings. The van der Waals surface area contributed by atoms with E-state index in [9.17, 15) is 9.59 Å². The highest BCUT2D eigenvalue weighted by Gasteiger charge is 2.61. The molecule has 1 aliphatic carbocycles. The molecular formula is C34H38N4O4. The van der Waals surface area contributed by atoms with Crippen LogP contribution >= 0.6 is 0 Å². The number of nitrogens with one attached hydrogen (secondary N) is 1. The smallest absolute Gasteiger partial charge is 0.307 e. The van der Waals surface area contributed by atoms with E-state index in [-0.39, 0.29) is 24.7 Å². The van der Waals surface area contributed by atoms with Gasteiger partial charge in [-0.1, -0.05) is 84.9 Å². The van der Waals surface area contributed by atoms with E-state index in [0.717, 1.165) is 35.3 Å². The van der Waals surface area contributed by atoms with Crippen LogP contribution in [0.25, 0.3) is 0 Å². The Morgan fingerprint density at radius 2 is 1.45 bits per heavy atom. The van der Waals surface area contributed by atoms with Crippen molar-refractivity contribution in [3.63, 3.8) is 0 Å². The van der Waals surface area contributed by atoms with Crippen molar-refractivity contribution in [2.45, 2.75) is 44.1 Å². The molecule has 2 heterocycles. The number of carbonyl (C=O) groups is 3. The molecule has 6 rings (SSSR count). The van der Waals surface area contributed by atoms with Crippen molar-refractivity contribution in [2.75, 3.05) is 39.3 Å². The average Bonchev–Trinajstić information content (AvgIpc) is 3.47. The minimum absolute atomic E-state index is 0.0341. The highest BCUT2D eigenvalue weighted by Crippen LogP contribution is 2.51. The summed E-state index contributed by atoms with van der Waals surface area (Å²) in [7, 11) is 0. The fourth-order valence-corrected chi connectivity index (χ4v) is 7.04. The molecule has 1 spiro atoms. The first-order valence-electron chi connectivity index (χ1n) is 14.9. The maximum absolute atomic E-state index is 15.1. The number of benzene rings is 3. The number of Topliss-reactive ketones (excluding diaryl/α,β-unsaturated/α-hetero) is 1. The minimum Gasteiger partial charge on any atom is -0.466 e. The summed E-state index contributed by atoms with van der Waals surface area (Å²) >= 11 is 0. The number of fused-ring (bicyclic) bond motifs is 2. The van der Waals surface area contributed by atoms with Crippen molar-refractivity contribution in [2.24, 2.45) is 0 Å². The molecule has 3 aromatic carbocycles. The van der Waals surface area contributed by atoms with Gasteiger partial charge in [-0.3, -0.25) is 29.1 Å². The summed E-state index contributed by atoms with van der Waals surface area (Å²) < 4.78 is 5.18. The predicted molar refractivity (Wildman–Crippen MR) is 159 cm³/mol. The van der Waals surface area contributed by atoms with Gasteiger partial charge in [0, 0.05) is 45.8 Å². The fraction of sp³-hybridized carbons (Fsp3) is 0.382. The molecule has 42 heavy (non-hydrogen) atoms. The summed E-state index contributed by atoms with van der Waals surface area (Å²) in [5.41, 5.74) is 3.42. The van der Waals surface area contributed by atoms with Crippen LogP contribution in [0.1, 0.15) is 41.5 Å². The van der Waals surface area contributed by atoms with E-state index in [1.807, 2.05) is 53.4 Å². The number of piperazine rings is 1. The lowest BCUT2D eigenvalue weighted by Crippen LogP contribution is -2.58. The normalized spacial score (nSPS) is 22.3. The molecule has 0 bridgehead atoms. The standard InChI is InChI=1S/C34H38N4O4/c1-2-42-31(39)21-30-33(41)35-17-18-36(30)24-28-27-15-9-10-16-29(27)34(32(28)40)37(22-25-11-5-3-6-12-25)19-20-38(34)23-26-13-7-4-8-14-26/h3-16,28,30H,2,17-24H2,1H3,(H,35,41)/t28-,30-/m1/s1. The number of carbonyl (C=O) groups excluding carboxylic acids is 3. The Hall–Kier alpha value is -3.85. The molecule has 0 radical (unpaired) electrons. The van der Waals surface area contributed by atoms with E-state index in [1.54, 1.807) is 6.92 Å². The third-order valence-corrected chi connectivity index (χ3v) is 8.88. The van der Waals surface area contributed by atoms with Gasteiger partial charge in [-0.25, -0.2) is 0 Å². The quantitative estimate of drug-likeness (QED) is 0.398. The van der Waals surface area contributed by atoms with Gasteiger partial charge in [-0.2, -0.15) is 0 Å². The van der Waals surface area contributed by atoms with Crippen LogP contribution in [0.2, 0.25) is 0 Å². The second kappa shape index (κ2) is 12.2. The molecule has 218 valence electrons. The fourth-order valence-electron chi connectivity index (χ4n) is 7.04. The number of nitrogens with zero attached hydrogens (tertiary/aromatic N) is 3. The Kier molecular flexibility index (Phi) is 8.20. The molecule has 2 fully saturated rings. The highest BCUT2D eigenvalue weighted by atomic mass is 16.5. The molecule has 2 saturated heterocycles. The van der Waals surface area contributed by atoms with Gasteiger partial charge in [0.1, 0.15) is 0 Å². The van der Waals surface area contributed by atoms with Crippen LogP contribution in [0, 0.1) is 0 Å². The van der Waals surface area contributed by atoms with Gasteiger partial charge in [0.15, 0.2) is 11.4 Å². The van der Waals surface area contributed by atoms with Gasteiger partial charge < -0.3 is 10.1 Å². The summed E-state index contributed by atoms with van der Waals surface area (Å²) in [4.78, 5) is 47.1. The van der Waals surface area contributed by atoms with Crippen molar-refractivity contribution in [3.05, 3.63) is 107 Å². The maximum atomic E-state index is 15.1. The largest absolute Gasteiger partial charge is 0.466 e. The number of esters is 1. The van der Waals surface area contributed by atoms with Crippen LogP contribution in [-0.2, 0) is 37.9 Å². The summed E-state index contributed by atoms with van der Waals surface area (Å²) in [5, 5.41) is 2.89. The minimum atomic E-state index is -0.929. The Bertz CT molecular complexity index is 1380. The first kappa shape index (κ1) is 28.3. The lowest BCUT2D eigenvalue weighted by atomic mass is 9.95. The summed E-state index contributed by atoms with van der Waals surface area (Å²) in [6, 6.07) is 28.2. The lowest BCUT2D eigenvalue weighted by molar-refractivity contribution is -0.148. The van der Waals surface area contributed by atoms with Crippen LogP contribution in [-0.4, -0.2) is 77.7 Å². The van der Waals surface area contributed by atoms with E-state index in [0.29, 0.717) is 32.7 Å². The number of ether oxygens (including phenoxy) is 1. The molecule has 2 aliphatic heterocycles. The summed E-state index contributed by atoms with van der Waals surface area (Å²) in [6.45, 7) is 6.24. The molecule has 2 atom stereocenters. The molecule has 1 N–H and O–H groups in total. The highest BCUT2D eigenvalue weighted by molar-refractivity contribution is 6.00. The number of ketones is 1. The zero-order chi connectivity index (χ0) is 29.1. The molecular weight excluding hydrogens is 528 g/mol. The third-order valence-electron chi connectivity index (χ3n) is 8.88. The van der Waals surface area contributed by atoms with Crippen LogP contribution in [0.4, 0.5) is 0 Å². The lowest BCUT2D eigenvalue weighted by Gasteiger charge is -2.41. The predicted octanol–water partition coefficient (Wildman–Crippen LogP) is 3.28. The van der Waals surface area contributed by atoms with Crippen LogP contribution in [0.15, 0.2) is 84.9 Å². The summed E-state index contributed by atoms with van der Waals surface area (Å²) in [6.07, 6.45) is -0.0341. The first-order valence-corrected chi connectivity index (χ1v) is 14.9. The Morgan fingerprint density at radius 1 is 0.857 bits per heavy atom. The second-order valence-electron chi connectivity index (χ2n) is 11.3. The van der Waals surface area contributed by atoms with Gasteiger partial charge in [-0.05, 0) is 29.2 Å². The maximum Gasteiger partial charge on any atom is 0.307 e. The zero-order valence-electron chi connectivity index (χ0n) is 24.1. The molecule has 1 amide bonds. The Labute approximate surface area is 247 Å². The number of amides is 1. The van der Waals surface area contributed by atoms with Crippen molar-refractivity contribution in [1.82, 2.24) is 20.0 Å². The second-order valence-corrected chi connectivity index (χ2v) is 11.3. The van der Waals surface area contributed by atoms with Crippen LogP contribution in [0.3, 0.4) is 0 Å². The van der Waals surface area contributed by atoms with Crippen molar-refractivity contribution in [3.8, 4) is 0 Å². The number of rotatable bonds is 9. The topological polar surface area (TPSA) is 82.2 Å². The van der Waals surface area contributed by atoms with E-state index < -0.39 is 23.6 Å². The van der Waals surface area contributed by atoms with Crippen LogP contribution < -0.4 is 5.32 Å². The van der Waals surface area contributed by atoms with Gasteiger partial charge >= 0.3 is 5.97 Å². The van der Waals surface area contributed by atoms with Crippen LogP contribution in [0.5, 0.6) is 0 Å². The molecule has 0 aromatic heterocycles. The van der Waals surface area contributed by atoms with Crippen molar-refractivity contribution < 1.29 is 19.1 Å². The monoisotopic (exact) mass is 566 g/mol. The Balaban J connectivity index is 1.38. The molecule has 3 aromatic rings. The van der Waals surface area contributed by atoms with Gasteiger partial charge in [-0.15, -0.1) is 0 Å². The van der Waals surface area contributed by atoms with E-state index in [2.05, 4.69) is 51.5 Å². The third kappa shape index (κ3) is 5.15. The van der Waals surface area contributed by atoms with Crippen molar-refractivity contribution in [1.29, 1.82) is 0 Å².